The highest BCUT2D eigenvalue weighted by atomic mass is 16.6. The highest BCUT2D eigenvalue weighted by molar-refractivity contribution is 5.80. The molecule has 3 aromatic rings. The van der Waals surface area contributed by atoms with E-state index in [1.165, 1.54) is 18.2 Å². The third kappa shape index (κ3) is 3.20. The molecule has 26 heavy (non-hydrogen) atoms. The summed E-state index contributed by atoms with van der Waals surface area (Å²) in [4.78, 5) is 18.5. The summed E-state index contributed by atoms with van der Waals surface area (Å²) in [5.74, 6) is 0.532. The van der Waals surface area contributed by atoms with Gasteiger partial charge in [0, 0.05) is 6.07 Å². The number of nitrogens with two attached hydrogens (primary N) is 2. The summed E-state index contributed by atoms with van der Waals surface area (Å²) in [6, 6.07) is 14.9. The summed E-state index contributed by atoms with van der Waals surface area (Å²) in [7, 11) is 0. The number of hydrogen-bond acceptors (Lipinski definition) is 8. The topological polar surface area (TPSA) is 154 Å². The number of nitro groups is 1. The second-order valence-electron chi connectivity index (χ2n) is 5.15. The van der Waals surface area contributed by atoms with Crippen LogP contribution >= 0.6 is 0 Å². The lowest BCUT2D eigenvalue weighted by molar-refractivity contribution is -0.384. The van der Waals surface area contributed by atoms with Gasteiger partial charge >= 0.3 is 0 Å². The number of hydrogen-bond donors (Lipinski definition) is 2. The Morgan fingerprint density at radius 2 is 1.81 bits per heavy atom. The van der Waals surface area contributed by atoms with Crippen molar-refractivity contribution in [2.45, 2.75) is 0 Å². The van der Waals surface area contributed by atoms with E-state index in [0.29, 0.717) is 11.5 Å². The van der Waals surface area contributed by atoms with Crippen LogP contribution in [0, 0.1) is 21.4 Å². The predicted octanol–water partition coefficient (Wildman–Crippen LogP) is 2.88. The number of nitriles is 1. The van der Waals surface area contributed by atoms with Crippen LogP contribution in [-0.4, -0.2) is 14.9 Å². The van der Waals surface area contributed by atoms with Gasteiger partial charge in [-0.3, -0.25) is 10.1 Å². The van der Waals surface area contributed by atoms with E-state index in [4.69, 9.17) is 16.2 Å². The molecule has 0 aliphatic heterocycles. The molecule has 9 nitrogen and oxygen atoms in total. The molecule has 4 N–H and O–H groups in total. The van der Waals surface area contributed by atoms with Crippen molar-refractivity contribution in [2.24, 2.45) is 0 Å². The van der Waals surface area contributed by atoms with Gasteiger partial charge < -0.3 is 16.2 Å². The van der Waals surface area contributed by atoms with Crippen molar-refractivity contribution < 1.29 is 9.66 Å². The number of benzene rings is 2. The quantitative estimate of drug-likeness (QED) is 0.538. The molecule has 9 heteroatoms. The smallest absolute Gasteiger partial charge is 0.279 e. The van der Waals surface area contributed by atoms with E-state index in [1.54, 1.807) is 24.3 Å². The number of rotatable bonds is 4. The van der Waals surface area contributed by atoms with E-state index >= 15 is 0 Å². The maximum Gasteiger partial charge on any atom is 0.279 e. The monoisotopic (exact) mass is 348 g/mol. The Bertz CT molecular complexity index is 1030. The maximum atomic E-state index is 11.4. The highest BCUT2D eigenvalue weighted by Gasteiger charge is 2.23. The van der Waals surface area contributed by atoms with E-state index in [9.17, 15) is 15.4 Å². The molecule has 0 aliphatic rings. The first-order valence-corrected chi connectivity index (χ1v) is 7.34. The lowest BCUT2D eigenvalue weighted by Crippen LogP contribution is -2.06. The van der Waals surface area contributed by atoms with Gasteiger partial charge in [-0.2, -0.15) is 10.2 Å². The Kier molecular flexibility index (Phi) is 4.32. The average Bonchev–Trinajstić information content (AvgIpc) is 2.61. The van der Waals surface area contributed by atoms with Crippen LogP contribution in [0.3, 0.4) is 0 Å². The van der Waals surface area contributed by atoms with Crippen molar-refractivity contribution >= 4 is 17.5 Å². The van der Waals surface area contributed by atoms with Crippen LogP contribution in [0.2, 0.25) is 0 Å². The van der Waals surface area contributed by atoms with Crippen molar-refractivity contribution in [3.63, 3.8) is 0 Å². The van der Waals surface area contributed by atoms with Crippen LogP contribution in [0.15, 0.2) is 48.5 Å². The summed E-state index contributed by atoms with van der Waals surface area (Å²) < 4.78 is 5.70. The molecule has 0 unspecified atom stereocenters. The fourth-order valence-corrected chi connectivity index (χ4v) is 2.35. The zero-order chi connectivity index (χ0) is 18.7. The van der Waals surface area contributed by atoms with E-state index in [-0.39, 0.29) is 34.3 Å². The molecule has 0 saturated carbocycles. The first-order valence-electron chi connectivity index (χ1n) is 7.34. The fraction of sp³-hybridized carbons (Fsp3) is 0. The fourth-order valence-electron chi connectivity index (χ4n) is 2.35. The Morgan fingerprint density at radius 3 is 2.46 bits per heavy atom. The van der Waals surface area contributed by atoms with Gasteiger partial charge in [-0.05, 0) is 24.3 Å². The first-order chi connectivity index (χ1) is 12.5. The van der Waals surface area contributed by atoms with Gasteiger partial charge in [0.2, 0.25) is 5.95 Å². The molecule has 2 aromatic carbocycles. The van der Waals surface area contributed by atoms with E-state index in [1.807, 2.05) is 12.1 Å². The Morgan fingerprint density at radius 1 is 1.08 bits per heavy atom. The van der Waals surface area contributed by atoms with Gasteiger partial charge in [-0.15, -0.1) is 0 Å². The molecule has 1 aromatic heterocycles. The van der Waals surface area contributed by atoms with Crippen molar-refractivity contribution in [2.75, 3.05) is 11.5 Å². The largest absolute Gasteiger partial charge is 0.457 e. The zero-order valence-electron chi connectivity index (χ0n) is 13.3. The number of nitrogen functional groups attached to an aromatic ring is 2. The van der Waals surface area contributed by atoms with Gasteiger partial charge in [0.25, 0.3) is 5.69 Å². The SMILES string of the molecule is N#Cc1c(N)nc(N)nc1-c1cc(Oc2ccccc2)ccc1[N+](=O)[O-]. The van der Waals surface area contributed by atoms with Crippen LogP contribution in [-0.2, 0) is 0 Å². The average molecular weight is 348 g/mol. The van der Waals surface area contributed by atoms with Crippen LogP contribution in [0.1, 0.15) is 5.56 Å². The number of para-hydroxylation sites is 1. The summed E-state index contributed by atoms with van der Waals surface area (Å²) in [6.45, 7) is 0. The third-order valence-corrected chi connectivity index (χ3v) is 3.46. The van der Waals surface area contributed by atoms with Crippen molar-refractivity contribution in [1.82, 2.24) is 9.97 Å². The summed E-state index contributed by atoms with van der Waals surface area (Å²) in [5, 5.41) is 20.7. The molecule has 0 fully saturated rings. The summed E-state index contributed by atoms with van der Waals surface area (Å²) in [5.41, 5.74) is 11.0. The normalized spacial score (nSPS) is 10.1. The lowest BCUT2D eigenvalue weighted by Gasteiger charge is -2.10. The molecular formula is C17H12N6O3. The van der Waals surface area contributed by atoms with E-state index in [0.717, 1.165) is 0 Å². The van der Waals surface area contributed by atoms with E-state index in [2.05, 4.69) is 9.97 Å². The standard InChI is InChI=1S/C17H12N6O3/c18-9-13-15(21-17(20)22-16(13)19)12-8-11(6-7-14(12)23(24)25)26-10-4-2-1-3-5-10/h1-8H,(H4,19,20,21,22). The highest BCUT2D eigenvalue weighted by Crippen LogP contribution is 2.36. The minimum atomic E-state index is -0.586. The van der Waals surface area contributed by atoms with Crippen LogP contribution in [0.4, 0.5) is 17.5 Å². The minimum absolute atomic E-state index is 0.0253. The van der Waals surface area contributed by atoms with Crippen molar-refractivity contribution in [1.29, 1.82) is 5.26 Å². The van der Waals surface area contributed by atoms with Crippen LogP contribution in [0.5, 0.6) is 11.5 Å². The van der Waals surface area contributed by atoms with Crippen LogP contribution < -0.4 is 16.2 Å². The molecule has 128 valence electrons. The maximum absolute atomic E-state index is 11.4. The molecule has 0 atom stereocenters. The van der Waals surface area contributed by atoms with Gasteiger partial charge in [0.15, 0.2) is 0 Å². The number of nitrogens with zero attached hydrogens (tertiary/aromatic N) is 4. The van der Waals surface area contributed by atoms with E-state index < -0.39 is 4.92 Å². The Labute approximate surface area is 147 Å². The van der Waals surface area contributed by atoms with Crippen LogP contribution in [0.25, 0.3) is 11.3 Å². The van der Waals surface area contributed by atoms with Gasteiger partial charge in [-0.1, -0.05) is 18.2 Å². The number of aromatic nitrogens is 2. The molecule has 3 rings (SSSR count). The van der Waals surface area contributed by atoms with Crippen molar-refractivity contribution in [3.8, 4) is 28.8 Å². The summed E-state index contributed by atoms with van der Waals surface area (Å²) >= 11 is 0. The third-order valence-electron chi connectivity index (χ3n) is 3.46. The van der Waals surface area contributed by atoms with Gasteiger partial charge in [-0.25, -0.2) is 4.98 Å². The lowest BCUT2D eigenvalue weighted by atomic mass is 10.0. The molecule has 0 spiro atoms. The molecule has 0 bridgehead atoms. The predicted molar refractivity (Wildman–Crippen MR) is 94.2 cm³/mol. The molecule has 0 amide bonds. The Balaban J connectivity index is 2.18. The van der Waals surface area contributed by atoms with Crippen molar-refractivity contribution in [3.05, 3.63) is 64.2 Å². The second kappa shape index (κ2) is 6.74. The molecule has 0 radical (unpaired) electrons. The molecule has 1 heterocycles. The Hall–Kier alpha value is -4.19. The number of anilines is 2. The number of nitro benzene ring substituents is 1. The molecule has 0 saturated heterocycles. The second-order valence-corrected chi connectivity index (χ2v) is 5.15. The molecular weight excluding hydrogens is 336 g/mol. The molecule has 0 aliphatic carbocycles. The van der Waals surface area contributed by atoms with Gasteiger partial charge in [0.1, 0.15) is 34.6 Å². The zero-order valence-corrected chi connectivity index (χ0v) is 13.3. The van der Waals surface area contributed by atoms with Gasteiger partial charge in [0.05, 0.1) is 10.5 Å². The summed E-state index contributed by atoms with van der Waals surface area (Å²) in [6.07, 6.45) is 0. The number of ether oxygens (including phenoxy) is 1. The first kappa shape index (κ1) is 16.7. The minimum Gasteiger partial charge on any atom is -0.457 e.